The quantitative estimate of drug-likeness (QED) is 0.494. The second kappa shape index (κ2) is 6.62. The van der Waals surface area contributed by atoms with Crippen LogP contribution in [0.25, 0.3) is 0 Å². The Labute approximate surface area is 179 Å². The molecule has 0 saturated heterocycles. The molecule has 2 aromatic rings. The number of nitrogens with one attached hydrogen (secondary N) is 2. The zero-order valence-electron chi connectivity index (χ0n) is 16.2. The first-order chi connectivity index (χ1) is 13.8. The number of rotatable bonds is 2. The number of carbonyl (C=O) groups is 1. The van der Waals surface area contributed by atoms with Crippen LogP contribution in [-0.4, -0.2) is 27.9 Å². The lowest BCUT2D eigenvalue weighted by atomic mass is 9.63. The molecule has 1 aliphatic heterocycles. The molecule has 2 atom stereocenters. The molecule has 1 amide bonds. The third kappa shape index (κ3) is 3.15. The lowest BCUT2D eigenvalue weighted by molar-refractivity contribution is -0.276. The van der Waals surface area contributed by atoms with Crippen molar-refractivity contribution in [3.05, 3.63) is 51.5 Å². The molecule has 160 valence electrons. The second-order valence-corrected chi connectivity index (χ2v) is 9.42. The maximum Gasteiger partial charge on any atom is 0.419 e. The van der Waals surface area contributed by atoms with E-state index in [1.54, 1.807) is 32.0 Å². The number of alkyl halides is 3. The van der Waals surface area contributed by atoms with Crippen LogP contribution in [0.1, 0.15) is 43.0 Å². The predicted molar refractivity (Wildman–Crippen MR) is 110 cm³/mol. The van der Waals surface area contributed by atoms with E-state index in [2.05, 4.69) is 26.6 Å². The Bertz CT molecular complexity index is 1050. The molecule has 30 heavy (non-hydrogen) atoms. The van der Waals surface area contributed by atoms with Gasteiger partial charge in [-0.05, 0) is 41.7 Å². The van der Waals surface area contributed by atoms with E-state index in [9.17, 15) is 28.2 Å². The van der Waals surface area contributed by atoms with Gasteiger partial charge in [-0.2, -0.15) is 13.2 Å². The molecule has 0 radical (unpaired) electrons. The summed E-state index contributed by atoms with van der Waals surface area (Å²) in [7, 11) is 0. The summed E-state index contributed by atoms with van der Waals surface area (Å²) in [5, 5.41) is 27.1. The average Bonchev–Trinajstić information content (AvgIpc) is 2.97. The highest BCUT2D eigenvalue weighted by molar-refractivity contribution is 9.10. The highest BCUT2D eigenvalue weighted by atomic mass is 79.9. The first-order valence-electron chi connectivity index (χ1n) is 9.34. The van der Waals surface area contributed by atoms with Crippen LogP contribution in [0, 0.1) is 0 Å². The van der Waals surface area contributed by atoms with Crippen LogP contribution < -0.4 is 10.6 Å². The summed E-state index contributed by atoms with van der Waals surface area (Å²) in [6.45, 7) is 3.13. The zero-order valence-corrected chi connectivity index (χ0v) is 17.8. The number of benzene rings is 2. The molecule has 5 nitrogen and oxygen atoms in total. The van der Waals surface area contributed by atoms with Crippen molar-refractivity contribution >= 4 is 33.2 Å². The van der Waals surface area contributed by atoms with Gasteiger partial charge in [0.1, 0.15) is 5.75 Å². The van der Waals surface area contributed by atoms with Crippen LogP contribution >= 0.6 is 15.9 Å². The van der Waals surface area contributed by atoms with Gasteiger partial charge in [0.15, 0.2) is 5.60 Å². The fourth-order valence-electron chi connectivity index (χ4n) is 4.70. The molecule has 0 aromatic heterocycles. The SMILES string of the molecule is CC1(C)CC(O)(C(F)(F)F)C(Nc2cccc3c2CC(=O)N3)c2cc(Br)cc(O)c21. The normalized spacial score (nSPS) is 24.8. The minimum atomic E-state index is -4.94. The summed E-state index contributed by atoms with van der Waals surface area (Å²) >= 11 is 3.23. The van der Waals surface area contributed by atoms with Crippen LogP contribution in [0.3, 0.4) is 0 Å². The van der Waals surface area contributed by atoms with Crippen molar-refractivity contribution in [1.29, 1.82) is 0 Å². The standard InChI is InChI=1S/C21H20BrF3N2O3/c1-19(2)9-20(30,21(23,24)25)18(12-6-10(22)7-15(28)17(12)19)27-14-5-3-4-13-11(14)8-16(29)26-13/h3-7,18,27-28,30H,8-9H2,1-2H3,(H,26,29). The molecule has 4 rings (SSSR count). The minimum absolute atomic E-state index is 0.0256. The van der Waals surface area contributed by atoms with Gasteiger partial charge >= 0.3 is 6.18 Å². The zero-order chi connectivity index (χ0) is 22.1. The summed E-state index contributed by atoms with van der Waals surface area (Å²) in [5.74, 6) is -0.397. The fourth-order valence-corrected chi connectivity index (χ4v) is 5.16. The Morgan fingerprint density at radius 2 is 1.97 bits per heavy atom. The Kier molecular flexibility index (Phi) is 4.63. The first kappa shape index (κ1) is 21.0. The van der Waals surface area contributed by atoms with Gasteiger partial charge < -0.3 is 20.8 Å². The number of fused-ring (bicyclic) bond motifs is 2. The molecule has 4 N–H and O–H groups in total. The van der Waals surface area contributed by atoms with E-state index >= 15 is 0 Å². The first-order valence-corrected chi connectivity index (χ1v) is 10.1. The smallest absolute Gasteiger partial charge is 0.419 e. The number of carbonyl (C=O) groups excluding carboxylic acids is 1. The summed E-state index contributed by atoms with van der Waals surface area (Å²) < 4.78 is 43.1. The van der Waals surface area contributed by atoms with Crippen molar-refractivity contribution in [3.63, 3.8) is 0 Å². The molecule has 0 bridgehead atoms. The van der Waals surface area contributed by atoms with E-state index in [0.29, 0.717) is 27.0 Å². The summed E-state index contributed by atoms with van der Waals surface area (Å²) in [4.78, 5) is 11.8. The van der Waals surface area contributed by atoms with Crippen molar-refractivity contribution < 1.29 is 28.2 Å². The van der Waals surface area contributed by atoms with Gasteiger partial charge in [0.25, 0.3) is 0 Å². The Morgan fingerprint density at radius 1 is 1.27 bits per heavy atom. The third-order valence-electron chi connectivity index (χ3n) is 5.87. The second-order valence-electron chi connectivity index (χ2n) is 8.51. The lowest BCUT2D eigenvalue weighted by Crippen LogP contribution is -2.58. The van der Waals surface area contributed by atoms with Gasteiger partial charge in [-0.1, -0.05) is 35.8 Å². The van der Waals surface area contributed by atoms with Gasteiger partial charge in [0.2, 0.25) is 5.91 Å². The summed E-state index contributed by atoms with van der Waals surface area (Å²) in [6, 6.07) is 6.18. The molecule has 1 heterocycles. The van der Waals surface area contributed by atoms with Gasteiger partial charge in [-0.25, -0.2) is 0 Å². The molecular weight excluding hydrogens is 465 g/mol. The van der Waals surface area contributed by atoms with E-state index in [-0.39, 0.29) is 23.6 Å². The summed E-state index contributed by atoms with van der Waals surface area (Å²) in [5.41, 5.74) is -2.36. The third-order valence-corrected chi connectivity index (χ3v) is 6.33. The average molecular weight is 485 g/mol. The maximum absolute atomic E-state index is 14.2. The van der Waals surface area contributed by atoms with Crippen LogP contribution in [0.5, 0.6) is 5.75 Å². The van der Waals surface area contributed by atoms with E-state index in [1.807, 2.05) is 0 Å². The summed E-state index contributed by atoms with van der Waals surface area (Å²) in [6.07, 6.45) is -5.56. The van der Waals surface area contributed by atoms with Gasteiger partial charge in [0.05, 0.1) is 12.5 Å². The minimum Gasteiger partial charge on any atom is -0.508 e. The van der Waals surface area contributed by atoms with Crippen LogP contribution in [0.15, 0.2) is 34.8 Å². The molecule has 2 unspecified atom stereocenters. The molecule has 2 aromatic carbocycles. The Balaban J connectivity index is 1.92. The van der Waals surface area contributed by atoms with E-state index < -0.39 is 29.7 Å². The number of halogens is 4. The van der Waals surface area contributed by atoms with Crippen molar-refractivity contribution in [3.8, 4) is 5.75 Å². The molecular formula is C21H20BrF3N2O3. The molecule has 0 spiro atoms. The van der Waals surface area contributed by atoms with Crippen LogP contribution in [0.4, 0.5) is 24.5 Å². The van der Waals surface area contributed by atoms with E-state index in [4.69, 9.17) is 0 Å². The van der Waals surface area contributed by atoms with Gasteiger partial charge in [0, 0.05) is 27.0 Å². The van der Waals surface area contributed by atoms with Crippen molar-refractivity contribution in [1.82, 2.24) is 0 Å². The van der Waals surface area contributed by atoms with Crippen molar-refractivity contribution in [2.75, 3.05) is 10.6 Å². The van der Waals surface area contributed by atoms with Crippen molar-refractivity contribution in [2.24, 2.45) is 0 Å². The highest BCUT2D eigenvalue weighted by Crippen LogP contribution is 2.57. The molecule has 1 aliphatic carbocycles. The number of amides is 1. The number of aromatic hydroxyl groups is 1. The largest absolute Gasteiger partial charge is 0.508 e. The van der Waals surface area contributed by atoms with E-state index in [1.165, 1.54) is 12.1 Å². The topological polar surface area (TPSA) is 81.6 Å². The van der Waals surface area contributed by atoms with Gasteiger partial charge in [-0.3, -0.25) is 4.79 Å². The number of phenols is 1. The predicted octanol–water partition coefficient (Wildman–Crippen LogP) is 4.78. The van der Waals surface area contributed by atoms with Gasteiger partial charge in [-0.15, -0.1) is 0 Å². The van der Waals surface area contributed by atoms with Crippen molar-refractivity contribution in [2.45, 2.75) is 49.9 Å². The number of phenolic OH excluding ortho intramolecular Hbond substituents is 1. The number of aliphatic hydroxyl groups is 1. The Hall–Kier alpha value is -2.26. The molecule has 9 heteroatoms. The fraction of sp³-hybridized carbons (Fsp3) is 0.381. The molecule has 0 fully saturated rings. The maximum atomic E-state index is 14.2. The molecule has 0 saturated carbocycles. The monoisotopic (exact) mass is 484 g/mol. The highest BCUT2D eigenvalue weighted by Gasteiger charge is 2.64. The number of anilines is 2. The lowest BCUT2D eigenvalue weighted by Gasteiger charge is -2.49. The number of hydrogen-bond donors (Lipinski definition) is 4. The number of hydrogen-bond acceptors (Lipinski definition) is 4. The van der Waals surface area contributed by atoms with E-state index in [0.717, 1.165) is 0 Å². The van der Waals surface area contributed by atoms with Crippen LogP contribution in [0.2, 0.25) is 0 Å². The molecule has 2 aliphatic rings. The van der Waals surface area contributed by atoms with Crippen LogP contribution in [-0.2, 0) is 16.6 Å². The Morgan fingerprint density at radius 3 is 2.63 bits per heavy atom.